The van der Waals surface area contributed by atoms with E-state index < -0.39 is 0 Å². The number of rotatable bonds is 6. The minimum absolute atomic E-state index is 0.326. The Morgan fingerprint density at radius 3 is 2.58 bits per heavy atom. The SMILES string of the molecule is COC(=O)c1cc(CNC(C2CC2)C2CC2)oc1C. The van der Waals surface area contributed by atoms with E-state index in [1.807, 2.05) is 0 Å². The Kier molecular flexibility index (Phi) is 3.35. The Bertz CT molecular complexity index is 460. The number of methoxy groups -OCH3 is 1. The molecule has 1 N–H and O–H groups in total. The van der Waals surface area contributed by atoms with Crippen LogP contribution in [0.4, 0.5) is 0 Å². The average molecular weight is 263 g/mol. The van der Waals surface area contributed by atoms with Gasteiger partial charge >= 0.3 is 5.97 Å². The van der Waals surface area contributed by atoms with Gasteiger partial charge in [-0.1, -0.05) is 0 Å². The van der Waals surface area contributed by atoms with Gasteiger partial charge in [-0.15, -0.1) is 0 Å². The molecule has 19 heavy (non-hydrogen) atoms. The Labute approximate surface area is 113 Å². The van der Waals surface area contributed by atoms with Crippen LogP contribution in [0.5, 0.6) is 0 Å². The van der Waals surface area contributed by atoms with Crippen molar-refractivity contribution in [3.05, 3.63) is 23.2 Å². The van der Waals surface area contributed by atoms with Gasteiger partial charge in [0.25, 0.3) is 0 Å². The van der Waals surface area contributed by atoms with E-state index in [4.69, 9.17) is 9.15 Å². The number of nitrogens with one attached hydrogen (secondary N) is 1. The van der Waals surface area contributed by atoms with Crippen molar-refractivity contribution in [3.8, 4) is 0 Å². The number of hydrogen-bond donors (Lipinski definition) is 1. The highest BCUT2D eigenvalue weighted by Gasteiger charge is 2.41. The Hall–Kier alpha value is -1.29. The van der Waals surface area contributed by atoms with Gasteiger partial charge in [-0.3, -0.25) is 0 Å². The molecule has 2 aliphatic carbocycles. The number of aryl methyl sites for hydroxylation is 1. The van der Waals surface area contributed by atoms with E-state index in [1.54, 1.807) is 13.0 Å². The van der Waals surface area contributed by atoms with Crippen molar-refractivity contribution in [2.75, 3.05) is 7.11 Å². The van der Waals surface area contributed by atoms with Gasteiger partial charge in [0.1, 0.15) is 17.1 Å². The zero-order valence-corrected chi connectivity index (χ0v) is 11.6. The molecule has 1 aromatic heterocycles. The molecule has 4 nitrogen and oxygen atoms in total. The maximum absolute atomic E-state index is 11.5. The minimum Gasteiger partial charge on any atom is -0.465 e. The topological polar surface area (TPSA) is 51.5 Å². The highest BCUT2D eigenvalue weighted by molar-refractivity contribution is 5.90. The summed E-state index contributed by atoms with van der Waals surface area (Å²) in [6, 6.07) is 2.44. The predicted molar refractivity (Wildman–Crippen MR) is 70.9 cm³/mol. The molecule has 4 heteroatoms. The summed E-state index contributed by atoms with van der Waals surface area (Å²) in [5, 5.41) is 3.61. The molecule has 3 rings (SSSR count). The van der Waals surface area contributed by atoms with Crippen molar-refractivity contribution in [2.45, 2.75) is 45.2 Å². The first kappa shape index (κ1) is 12.7. The van der Waals surface area contributed by atoms with Crippen LogP contribution < -0.4 is 5.32 Å². The van der Waals surface area contributed by atoms with Gasteiger partial charge in [0, 0.05) is 6.04 Å². The van der Waals surface area contributed by atoms with E-state index >= 15 is 0 Å². The number of furan rings is 1. The molecule has 2 saturated carbocycles. The van der Waals surface area contributed by atoms with Crippen LogP contribution in [0.2, 0.25) is 0 Å². The fraction of sp³-hybridized carbons (Fsp3) is 0.667. The third kappa shape index (κ3) is 2.84. The third-order valence-electron chi connectivity index (χ3n) is 4.15. The summed E-state index contributed by atoms with van der Waals surface area (Å²) < 4.78 is 10.4. The molecule has 2 aliphatic rings. The smallest absolute Gasteiger partial charge is 0.341 e. The van der Waals surface area contributed by atoms with Crippen molar-refractivity contribution in [3.63, 3.8) is 0 Å². The van der Waals surface area contributed by atoms with E-state index in [-0.39, 0.29) is 5.97 Å². The second-order valence-corrected chi connectivity index (χ2v) is 5.76. The van der Waals surface area contributed by atoms with Crippen molar-refractivity contribution in [2.24, 2.45) is 11.8 Å². The fourth-order valence-electron chi connectivity index (χ4n) is 2.79. The van der Waals surface area contributed by atoms with E-state index in [0.29, 0.717) is 23.9 Å². The average Bonchev–Trinajstić information content (AvgIpc) is 3.29. The second kappa shape index (κ2) is 5.00. The van der Waals surface area contributed by atoms with Gasteiger partial charge in [-0.05, 0) is 50.5 Å². The first-order chi connectivity index (χ1) is 9.19. The first-order valence-electron chi connectivity index (χ1n) is 7.10. The zero-order valence-electron chi connectivity index (χ0n) is 11.6. The second-order valence-electron chi connectivity index (χ2n) is 5.76. The maximum Gasteiger partial charge on any atom is 0.341 e. The molecule has 2 fully saturated rings. The molecular formula is C15H21NO3. The molecule has 1 aromatic rings. The van der Waals surface area contributed by atoms with E-state index in [2.05, 4.69) is 5.32 Å². The zero-order chi connectivity index (χ0) is 13.4. The number of carbonyl (C=O) groups is 1. The molecule has 104 valence electrons. The highest BCUT2D eigenvalue weighted by Crippen LogP contribution is 2.44. The van der Waals surface area contributed by atoms with Crippen LogP contribution in [0, 0.1) is 18.8 Å². The third-order valence-corrected chi connectivity index (χ3v) is 4.15. The molecule has 0 amide bonds. The van der Waals surface area contributed by atoms with E-state index in [1.165, 1.54) is 32.8 Å². The molecule has 0 unspecified atom stereocenters. The lowest BCUT2D eigenvalue weighted by molar-refractivity contribution is 0.0599. The van der Waals surface area contributed by atoms with Gasteiger partial charge in [-0.25, -0.2) is 4.79 Å². The van der Waals surface area contributed by atoms with E-state index in [0.717, 1.165) is 17.6 Å². The molecular weight excluding hydrogens is 242 g/mol. The van der Waals surface area contributed by atoms with Crippen LogP contribution in [0.15, 0.2) is 10.5 Å². The summed E-state index contributed by atoms with van der Waals surface area (Å²) >= 11 is 0. The van der Waals surface area contributed by atoms with Gasteiger partial charge in [0.05, 0.1) is 13.7 Å². The van der Waals surface area contributed by atoms with Gasteiger partial charge < -0.3 is 14.5 Å². The fourth-order valence-corrected chi connectivity index (χ4v) is 2.79. The lowest BCUT2D eigenvalue weighted by Crippen LogP contribution is -2.32. The van der Waals surface area contributed by atoms with Crippen molar-refractivity contribution >= 4 is 5.97 Å². The van der Waals surface area contributed by atoms with Gasteiger partial charge in [0.15, 0.2) is 0 Å². The predicted octanol–water partition coefficient (Wildman–Crippen LogP) is 2.65. The molecule has 1 heterocycles. The standard InChI is InChI=1S/C15H21NO3/c1-9-13(15(17)18-2)7-12(19-9)8-16-14(10-3-4-10)11-5-6-11/h7,10-11,14,16H,3-6,8H2,1-2H3. The number of ether oxygens (including phenoxy) is 1. The largest absolute Gasteiger partial charge is 0.465 e. The van der Waals surface area contributed by atoms with E-state index in [9.17, 15) is 4.79 Å². The van der Waals surface area contributed by atoms with Crippen LogP contribution in [-0.2, 0) is 11.3 Å². The maximum atomic E-state index is 11.5. The van der Waals surface area contributed by atoms with Gasteiger partial charge in [-0.2, -0.15) is 0 Å². The molecule has 0 bridgehead atoms. The monoisotopic (exact) mass is 263 g/mol. The molecule has 0 aliphatic heterocycles. The summed E-state index contributed by atoms with van der Waals surface area (Å²) in [7, 11) is 1.39. The number of carbonyl (C=O) groups excluding carboxylic acids is 1. The first-order valence-corrected chi connectivity index (χ1v) is 7.10. The van der Waals surface area contributed by atoms with Gasteiger partial charge in [0.2, 0.25) is 0 Å². The number of esters is 1. The highest BCUT2D eigenvalue weighted by atomic mass is 16.5. The quantitative estimate of drug-likeness (QED) is 0.802. The van der Waals surface area contributed by atoms with Crippen LogP contribution in [-0.4, -0.2) is 19.1 Å². The minimum atomic E-state index is -0.326. The molecule has 0 radical (unpaired) electrons. The summed E-state index contributed by atoms with van der Waals surface area (Å²) in [4.78, 5) is 11.5. The molecule has 0 spiro atoms. The van der Waals surface area contributed by atoms with Crippen LogP contribution in [0.3, 0.4) is 0 Å². The van der Waals surface area contributed by atoms with Crippen LogP contribution in [0.1, 0.15) is 47.6 Å². The normalized spacial score (nSPS) is 18.9. The summed E-state index contributed by atoms with van der Waals surface area (Å²) in [6.45, 7) is 2.50. The summed E-state index contributed by atoms with van der Waals surface area (Å²) in [6.07, 6.45) is 5.44. The Morgan fingerprint density at radius 2 is 2.05 bits per heavy atom. The molecule has 0 saturated heterocycles. The lowest BCUT2D eigenvalue weighted by atomic mass is 10.1. The summed E-state index contributed by atoms with van der Waals surface area (Å²) in [5.41, 5.74) is 0.536. The molecule has 0 aromatic carbocycles. The van der Waals surface area contributed by atoms with Crippen molar-refractivity contribution < 1.29 is 13.9 Å². The Balaban J connectivity index is 1.61. The van der Waals surface area contributed by atoms with Crippen molar-refractivity contribution in [1.29, 1.82) is 0 Å². The van der Waals surface area contributed by atoms with Crippen LogP contribution in [0.25, 0.3) is 0 Å². The molecule has 0 atom stereocenters. The van der Waals surface area contributed by atoms with Crippen molar-refractivity contribution in [1.82, 2.24) is 5.32 Å². The van der Waals surface area contributed by atoms with Crippen LogP contribution >= 0.6 is 0 Å². The Morgan fingerprint density at radius 1 is 1.42 bits per heavy atom. The lowest BCUT2D eigenvalue weighted by Gasteiger charge is -2.16. The summed E-state index contributed by atoms with van der Waals surface area (Å²) in [5.74, 6) is 2.86. The number of hydrogen-bond acceptors (Lipinski definition) is 4.